The molecule has 2 N–H and O–H groups in total. The third-order valence-electron chi connectivity index (χ3n) is 8.40. The lowest BCUT2D eigenvalue weighted by Crippen LogP contribution is -2.56. The lowest BCUT2D eigenvalue weighted by molar-refractivity contribution is -0.117. The van der Waals surface area contributed by atoms with Gasteiger partial charge in [-0.15, -0.1) is 0 Å². The molecular weight excluding hydrogens is 476 g/mol. The van der Waals surface area contributed by atoms with Crippen LogP contribution in [0.2, 0.25) is 5.02 Å². The Balaban J connectivity index is 1.15. The molecule has 4 heterocycles. The number of hydrogen-bond donors (Lipinski definition) is 2. The predicted molar refractivity (Wildman–Crippen MR) is 139 cm³/mol. The molecule has 0 bridgehead atoms. The fourth-order valence-electron chi connectivity index (χ4n) is 5.90. The molecule has 4 unspecified atom stereocenters. The largest absolute Gasteiger partial charge is 0.389 e. The van der Waals surface area contributed by atoms with Crippen LogP contribution in [0.25, 0.3) is 10.8 Å². The first-order chi connectivity index (χ1) is 17.4. The number of hydrogen-bond acceptors (Lipinski definition) is 6. The number of carbonyl (C=O) groups excluding carboxylic acids is 1. The Morgan fingerprint density at radius 1 is 1.19 bits per heavy atom. The zero-order valence-corrected chi connectivity index (χ0v) is 21.1. The Hall–Kier alpha value is -2.58. The number of halogens is 1. The molecule has 4 atom stereocenters. The van der Waals surface area contributed by atoms with Crippen molar-refractivity contribution in [1.82, 2.24) is 14.9 Å². The van der Waals surface area contributed by atoms with Gasteiger partial charge in [-0.3, -0.25) is 14.7 Å². The molecule has 7 nitrogen and oxygen atoms in total. The first-order valence-electron chi connectivity index (χ1n) is 12.7. The van der Waals surface area contributed by atoms with Gasteiger partial charge in [0, 0.05) is 34.9 Å². The zero-order valence-electron chi connectivity index (χ0n) is 20.4. The Kier molecular flexibility index (Phi) is 6.20. The Labute approximate surface area is 215 Å². The average Bonchev–Trinajstić information content (AvgIpc) is 3.63. The summed E-state index contributed by atoms with van der Waals surface area (Å²) in [5, 5.41) is 16.2. The zero-order chi connectivity index (χ0) is 24.9. The summed E-state index contributed by atoms with van der Waals surface area (Å²) >= 11 is 6.72. The number of aliphatic hydroxyl groups excluding tert-OH is 1. The second-order valence-electron chi connectivity index (χ2n) is 10.7. The van der Waals surface area contributed by atoms with Crippen LogP contribution < -0.4 is 5.32 Å². The van der Waals surface area contributed by atoms with Crippen LogP contribution in [0.4, 0.5) is 5.82 Å². The van der Waals surface area contributed by atoms with Crippen LogP contribution in [0.1, 0.15) is 49.1 Å². The number of anilines is 1. The van der Waals surface area contributed by atoms with Crippen LogP contribution in [-0.2, 0) is 9.53 Å². The van der Waals surface area contributed by atoms with Crippen LogP contribution in [0.3, 0.4) is 0 Å². The van der Waals surface area contributed by atoms with E-state index in [-0.39, 0.29) is 23.3 Å². The number of aromatic nitrogens is 2. The van der Waals surface area contributed by atoms with E-state index < -0.39 is 6.10 Å². The van der Waals surface area contributed by atoms with Gasteiger partial charge in [-0.1, -0.05) is 11.6 Å². The molecule has 0 spiro atoms. The lowest BCUT2D eigenvalue weighted by atomic mass is 9.85. The summed E-state index contributed by atoms with van der Waals surface area (Å²) in [6.45, 7) is 4.87. The number of nitrogens with one attached hydrogen (secondary N) is 1. The molecule has 36 heavy (non-hydrogen) atoms. The van der Waals surface area contributed by atoms with E-state index >= 15 is 0 Å². The highest BCUT2D eigenvalue weighted by Gasteiger charge is 2.45. The van der Waals surface area contributed by atoms with E-state index in [4.69, 9.17) is 16.3 Å². The summed E-state index contributed by atoms with van der Waals surface area (Å²) in [7, 11) is 0. The minimum absolute atomic E-state index is 0.0109. The van der Waals surface area contributed by atoms with Crippen molar-refractivity contribution in [3.8, 4) is 0 Å². The van der Waals surface area contributed by atoms with Crippen molar-refractivity contribution in [2.45, 2.75) is 49.7 Å². The third kappa shape index (κ3) is 4.39. The van der Waals surface area contributed by atoms with E-state index in [0.717, 1.165) is 59.3 Å². The first kappa shape index (κ1) is 23.8. The van der Waals surface area contributed by atoms with Crippen molar-refractivity contribution in [2.75, 3.05) is 31.6 Å². The molecule has 8 heteroatoms. The van der Waals surface area contributed by atoms with Gasteiger partial charge in [-0.2, -0.15) is 0 Å². The minimum Gasteiger partial charge on any atom is -0.389 e. The van der Waals surface area contributed by atoms with Crippen molar-refractivity contribution >= 4 is 34.1 Å². The topological polar surface area (TPSA) is 87.6 Å². The molecule has 1 amide bonds. The standard InChI is InChI=1S/C28H31ClN4O3/c1-28(16-36-15-25(28)34)33-8-4-18(5-9-33)22-10-19-12-26(31-14-20(19)11-24(22)29)32-27(35)23-13-21(23)17-2-6-30-7-3-17/h2-3,6-7,10-12,14,18,21,23,25,34H,4-5,8-9,13,15-16H2,1H3,(H,31,32,35). The molecule has 3 aromatic rings. The average molecular weight is 507 g/mol. The van der Waals surface area contributed by atoms with Gasteiger partial charge in [0.2, 0.25) is 5.91 Å². The van der Waals surface area contributed by atoms with Gasteiger partial charge in [0.15, 0.2) is 0 Å². The molecule has 1 aromatic carbocycles. The van der Waals surface area contributed by atoms with E-state index in [1.54, 1.807) is 18.6 Å². The SMILES string of the molecule is CC1(N2CCC(c3cc4cc(NC(=O)C5CC5c5ccncc5)ncc4cc3Cl)CC2)COCC1O. The smallest absolute Gasteiger partial charge is 0.229 e. The maximum Gasteiger partial charge on any atom is 0.229 e. The Morgan fingerprint density at radius 3 is 2.69 bits per heavy atom. The fourth-order valence-corrected chi connectivity index (χ4v) is 6.23. The second kappa shape index (κ2) is 9.38. The van der Waals surface area contributed by atoms with Crippen molar-refractivity contribution in [3.05, 3.63) is 65.1 Å². The molecule has 6 rings (SSSR count). The summed E-state index contributed by atoms with van der Waals surface area (Å²) in [6, 6.07) is 10.0. The summed E-state index contributed by atoms with van der Waals surface area (Å²) in [6.07, 6.45) is 7.67. The predicted octanol–water partition coefficient (Wildman–Crippen LogP) is 4.35. The van der Waals surface area contributed by atoms with E-state index in [0.29, 0.717) is 24.9 Å². The first-order valence-corrected chi connectivity index (χ1v) is 13.1. The highest BCUT2D eigenvalue weighted by molar-refractivity contribution is 6.32. The normalized spacial score (nSPS) is 28.9. The summed E-state index contributed by atoms with van der Waals surface area (Å²) < 4.78 is 5.54. The number of benzene rings is 1. The van der Waals surface area contributed by atoms with Gasteiger partial charge >= 0.3 is 0 Å². The van der Waals surface area contributed by atoms with Crippen LogP contribution in [0.15, 0.2) is 48.9 Å². The molecule has 0 radical (unpaired) electrons. The van der Waals surface area contributed by atoms with Crippen molar-refractivity contribution < 1.29 is 14.6 Å². The van der Waals surface area contributed by atoms with Crippen LogP contribution >= 0.6 is 11.6 Å². The molecule has 3 fully saturated rings. The van der Waals surface area contributed by atoms with Crippen LogP contribution in [0.5, 0.6) is 0 Å². The van der Waals surface area contributed by atoms with Gasteiger partial charge in [0.25, 0.3) is 0 Å². The number of rotatable bonds is 5. The highest BCUT2D eigenvalue weighted by atomic mass is 35.5. The molecule has 1 saturated carbocycles. The van der Waals surface area contributed by atoms with E-state index in [1.807, 2.05) is 24.3 Å². The minimum atomic E-state index is -0.449. The number of amides is 1. The molecule has 2 aliphatic heterocycles. The van der Waals surface area contributed by atoms with Gasteiger partial charge in [0.1, 0.15) is 5.82 Å². The fraction of sp³-hybridized carbons (Fsp3) is 0.464. The number of aliphatic hydroxyl groups is 1. The molecule has 2 aromatic heterocycles. The lowest BCUT2D eigenvalue weighted by Gasteiger charge is -2.43. The number of nitrogens with zero attached hydrogens (tertiary/aromatic N) is 3. The second-order valence-corrected chi connectivity index (χ2v) is 11.1. The van der Waals surface area contributed by atoms with Gasteiger partial charge in [-0.25, -0.2) is 4.98 Å². The maximum atomic E-state index is 12.8. The summed E-state index contributed by atoms with van der Waals surface area (Å²) in [5.74, 6) is 1.15. The van der Waals surface area contributed by atoms with Gasteiger partial charge < -0.3 is 15.2 Å². The third-order valence-corrected chi connectivity index (χ3v) is 8.72. The molecule has 1 aliphatic carbocycles. The number of piperidine rings is 1. The van der Waals surface area contributed by atoms with E-state index in [2.05, 4.69) is 33.2 Å². The maximum absolute atomic E-state index is 12.8. The number of fused-ring (bicyclic) bond motifs is 1. The quantitative estimate of drug-likeness (QED) is 0.535. The Bertz CT molecular complexity index is 1280. The van der Waals surface area contributed by atoms with Crippen molar-refractivity contribution in [3.63, 3.8) is 0 Å². The molecule has 3 aliphatic rings. The van der Waals surface area contributed by atoms with Crippen molar-refractivity contribution in [1.29, 1.82) is 0 Å². The number of likely N-dealkylation sites (tertiary alicyclic amines) is 1. The van der Waals surface area contributed by atoms with Gasteiger partial charge in [0.05, 0.1) is 24.9 Å². The van der Waals surface area contributed by atoms with E-state index in [9.17, 15) is 9.90 Å². The summed E-state index contributed by atoms with van der Waals surface area (Å²) in [5.41, 5.74) is 1.99. The molecule has 2 saturated heterocycles. The van der Waals surface area contributed by atoms with Crippen molar-refractivity contribution in [2.24, 2.45) is 5.92 Å². The monoisotopic (exact) mass is 506 g/mol. The summed E-state index contributed by atoms with van der Waals surface area (Å²) in [4.78, 5) is 23.7. The van der Waals surface area contributed by atoms with E-state index in [1.165, 1.54) is 0 Å². The van der Waals surface area contributed by atoms with Crippen LogP contribution in [-0.4, -0.2) is 63.8 Å². The molecule has 188 valence electrons. The number of pyridine rings is 2. The highest BCUT2D eigenvalue weighted by Crippen LogP contribution is 2.48. The number of ether oxygens (including phenoxy) is 1. The number of carbonyl (C=O) groups is 1. The molecular formula is C28H31ClN4O3. The van der Waals surface area contributed by atoms with Gasteiger partial charge in [-0.05, 0) is 98.0 Å². The van der Waals surface area contributed by atoms with Crippen LogP contribution in [0, 0.1) is 5.92 Å². The Morgan fingerprint density at radius 2 is 1.97 bits per heavy atom.